The van der Waals surface area contributed by atoms with Crippen molar-refractivity contribution in [3.05, 3.63) is 95.3 Å². The lowest BCUT2D eigenvalue weighted by Crippen LogP contribution is -2.38. The smallest absolute Gasteiger partial charge is 0.339 e. The van der Waals surface area contributed by atoms with Crippen LogP contribution in [0.4, 0.5) is 10.1 Å². The highest BCUT2D eigenvalue weighted by Gasteiger charge is 2.46. The molecule has 4 rings (SSSR count). The Hall–Kier alpha value is -4.33. The molecule has 2 atom stereocenters. The molecule has 3 aromatic carbocycles. The topological polar surface area (TPSA) is 98.8 Å². The number of methoxy groups -OCH3 is 1. The first-order valence-electron chi connectivity index (χ1n) is 9.98. The summed E-state index contributed by atoms with van der Waals surface area (Å²) in [6.07, 6.45) is -1.37. The average Bonchev–Trinajstić information content (AvgIpc) is 3.15. The second kappa shape index (κ2) is 9.04. The fraction of sp³-hybridized carbons (Fsp3) is 0.120. The van der Waals surface area contributed by atoms with Crippen molar-refractivity contribution >= 4 is 29.1 Å². The SMILES string of the molecule is COc1cccc(NC(=O)C(=O)[C@@H](C(=O)c2ccccc2F)[C@@H]2OC(=O)c3ccccc32)c1. The van der Waals surface area contributed by atoms with Gasteiger partial charge in [-0.05, 0) is 30.3 Å². The van der Waals surface area contributed by atoms with E-state index in [2.05, 4.69) is 5.32 Å². The minimum Gasteiger partial charge on any atom is -0.497 e. The normalized spacial score (nSPS) is 15.2. The molecule has 3 aromatic rings. The molecule has 0 fully saturated rings. The lowest BCUT2D eigenvalue weighted by molar-refractivity contribution is -0.138. The Morgan fingerprint density at radius 2 is 1.73 bits per heavy atom. The highest BCUT2D eigenvalue weighted by molar-refractivity contribution is 6.45. The molecule has 1 aliphatic rings. The summed E-state index contributed by atoms with van der Waals surface area (Å²) in [5, 5.41) is 2.42. The van der Waals surface area contributed by atoms with E-state index in [-0.39, 0.29) is 22.4 Å². The van der Waals surface area contributed by atoms with Crippen LogP contribution in [0.1, 0.15) is 32.4 Å². The predicted octanol–water partition coefficient (Wildman–Crippen LogP) is 3.75. The summed E-state index contributed by atoms with van der Waals surface area (Å²) in [6, 6.07) is 17.6. The zero-order valence-corrected chi connectivity index (χ0v) is 17.4. The van der Waals surface area contributed by atoms with Crippen LogP contribution in [0.15, 0.2) is 72.8 Å². The standard InChI is InChI=1S/C25H18FNO6/c1-32-15-8-6-7-14(13-15)27-24(30)22(29)20(21(28)18-11-4-5-12-19(18)26)23-16-9-2-3-10-17(16)25(31)33-23/h2-13,20,23H,1H3,(H,27,30)/t20-,23-/m1/s1. The highest BCUT2D eigenvalue weighted by Crippen LogP contribution is 2.38. The predicted molar refractivity (Wildman–Crippen MR) is 115 cm³/mol. The van der Waals surface area contributed by atoms with Gasteiger partial charge in [0, 0.05) is 17.3 Å². The Bertz CT molecular complexity index is 1270. The summed E-state index contributed by atoms with van der Waals surface area (Å²) < 4.78 is 24.8. The van der Waals surface area contributed by atoms with Crippen molar-refractivity contribution in [3.8, 4) is 5.75 Å². The van der Waals surface area contributed by atoms with Gasteiger partial charge in [-0.15, -0.1) is 0 Å². The molecule has 1 amide bonds. The number of anilines is 1. The Labute approximate surface area is 188 Å². The number of hydrogen-bond acceptors (Lipinski definition) is 6. The van der Waals surface area contributed by atoms with Crippen LogP contribution in [0, 0.1) is 11.7 Å². The molecule has 0 spiro atoms. The molecule has 0 bridgehead atoms. The Balaban J connectivity index is 1.72. The summed E-state index contributed by atoms with van der Waals surface area (Å²) in [6.45, 7) is 0. The van der Waals surface area contributed by atoms with Crippen molar-refractivity contribution in [2.45, 2.75) is 6.10 Å². The van der Waals surface area contributed by atoms with Crippen LogP contribution in [-0.2, 0) is 14.3 Å². The molecular weight excluding hydrogens is 429 g/mol. The van der Waals surface area contributed by atoms with E-state index in [4.69, 9.17) is 9.47 Å². The van der Waals surface area contributed by atoms with Crippen LogP contribution in [0.2, 0.25) is 0 Å². The third-order valence-electron chi connectivity index (χ3n) is 5.28. The first-order chi connectivity index (χ1) is 15.9. The van der Waals surface area contributed by atoms with E-state index in [1.807, 2.05) is 0 Å². The number of amides is 1. The summed E-state index contributed by atoms with van der Waals surface area (Å²) in [5.74, 6) is -6.17. The molecule has 0 aliphatic carbocycles. The Morgan fingerprint density at radius 1 is 1.00 bits per heavy atom. The molecule has 7 nitrogen and oxygen atoms in total. The number of esters is 1. The summed E-state index contributed by atoms with van der Waals surface area (Å²) in [5.41, 5.74) is 0.327. The number of cyclic esters (lactones) is 1. The van der Waals surface area contributed by atoms with Gasteiger partial charge in [0.1, 0.15) is 23.6 Å². The van der Waals surface area contributed by atoms with Crippen LogP contribution in [0.5, 0.6) is 5.75 Å². The van der Waals surface area contributed by atoms with E-state index in [1.54, 1.807) is 24.3 Å². The number of nitrogens with one attached hydrogen (secondary N) is 1. The van der Waals surface area contributed by atoms with E-state index in [1.165, 1.54) is 49.6 Å². The number of fused-ring (bicyclic) bond motifs is 1. The maximum absolute atomic E-state index is 14.4. The second-order valence-corrected chi connectivity index (χ2v) is 7.29. The highest BCUT2D eigenvalue weighted by atomic mass is 19.1. The summed E-state index contributed by atoms with van der Waals surface area (Å²) in [4.78, 5) is 51.7. The van der Waals surface area contributed by atoms with Gasteiger partial charge < -0.3 is 14.8 Å². The van der Waals surface area contributed by atoms with Crippen molar-refractivity contribution in [2.75, 3.05) is 12.4 Å². The molecule has 0 saturated carbocycles. The molecule has 1 heterocycles. The van der Waals surface area contributed by atoms with E-state index in [0.717, 1.165) is 6.07 Å². The van der Waals surface area contributed by atoms with Gasteiger partial charge in [-0.3, -0.25) is 14.4 Å². The van der Waals surface area contributed by atoms with Crippen molar-refractivity contribution in [3.63, 3.8) is 0 Å². The molecule has 1 N–H and O–H groups in total. The molecule has 1 aliphatic heterocycles. The lowest BCUT2D eigenvalue weighted by Gasteiger charge is -2.21. The minimum atomic E-state index is -1.78. The number of carbonyl (C=O) groups excluding carboxylic acids is 4. The molecule has 8 heteroatoms. The van der Waals surface area contributed by atoms with Crippen LogP contribution >= 0.6 is 0 Å². The average molecular weight is 447 g/mol. The van der Waals surface area contributed by atoms with Gasteiger partial charge in [-0.1, -0.05) is 36.4 Å². The van der Waals surface area contributed by atoms with Crippen molar-refractivity contribution in [2.24, 2.45) is 5.92 Å². The van der Waals surface area contributed by atoms with Gasteiger partial charge in [0.05, 0.1) is 18.2 Å². The van der Waals surface area contributed by atoms with Gasteiger partial charge in [0.25, 0.3) is 5.91 Å². The number of Topliss-reactive ketones (excluding diaryl/α,β-unsaturated/α-hetero) is 2. The van der Waals surface area contributed by atoms with Gasteiger partial charge in [-0.2, -0.15) is 0 Å². The first-order valence-corrected chi connectivity index (χ1v) is 9.98. The fourth-order valence-electron chi connectivity index (χ4n) is 3.68. The van der Waals surface area contributed by atoms with E-state index in [9.17, 15) is 23.6 Å². The third kappa shape index (κ3) is 4.23. The Kier molecular flexibility index (Phi) is 5.99. The second-order valence-electron chi connectivity index (χ2n) is 7.29. The monoisotopic (exact) mass is 447 g/mol. The summed E-state index contributed by atoms with van der Waals surface area (Å²) >= 11 is 0. The molecule has 33 heavy (non-hydrogen) atoms. The van der Waals surface area contributed by atoms with Gasteiger partial charge >= 0.3 is 5.97 Å². The number of halogens is 1. The third-order valence-corrected chi connectivity index (χ3v) is 5.28. The van der Waals surface area contributed by atoms with Gasteiger partial charge in [0.15, 0.2) is 5.78 Å². The molecule has 0 aromatic heterocycles. The first kappa shape index (κ1) is 21.9. The zero-order chi connectivity index (χ0) is 23.5. The van der Waals surface area contributed by atoms with Crippen LogP contribution in [-0.4, -0.2) is 30.6 Å². The number of hydrogen-bond donors (Lipinski definition) is 1. The number of ether oxygens (including phenoxy) is 2. The maximum Gasteiger partial charge on any atom is 0.339 e. The minimum absolute atomic E-state index is 0.176. The van der Waals surface area contributed by atoms with Gasteiger partial charge in [-0.25, -0.2) is 9.18 Å². The van der Waals surface area contributed by atoms with E-state index in [0.29, 0.717) is 5.75 Å². The van der Waals surface area contributed by atoms with Crippen LogP contribution in [0.3, 0.4) is 0 Å². The molecule has 166 valence electrons. The van der Waals surface area contributed by atoms with E-state index >= 15 is 0 Å². The lowest BCUT2D eigenvalue weighted by atomic mass is 9.84. The van der Waals surface area contributed by atoms with Crippen LogP contribution < -0.4 is 10.1 Å². The number of carbonyl (C=O) groups is 4. The number of benzene rings is 3. The fourth-order valence-corrected chi connectivity index (χ4v) is 3.68. The summed E-state index contributed by atoms with van der Waals surface area (Å²) in [7, 11) is 1.45. The Morgan fingerprint density at radius 3 is 2.48 bits per heavy atom. The molecule has 0 unspecified atom stereocenters. The van der Waals surface area contributed by atoms with Crippen molar-refractivity contribution < 1.29 is 33.0 Å². The largest absolute Gasteiger partial charge is 0.497 e. The van der Waals surface area contributed by atoms with Crippen LogP contribution in [0.25, 0.3) is 0 Å². The van der Waals surface area contributed by atoms with Gasteiger partial charge in [0.2, 0.25) is 5.78 Å². The van der Waals surface area contributed by atoms with Crippen molar-refractivity contribution in [1.29, 1.82) is 0 Å². The molecule has 0 radical (unpaired) electrons. The number of ketones is 2. The maximum atomic E-state index is 14.4. The van der Waals surface area contributed by atoms with Crippen molar-refractivity contribution in [1.82, 2.24) is 0 Å². The molecular formula is C25H18FNO6. The number of rotatable bonds is 7. The quantitative estimate of drug-likeness (QED) is 0.256. The zero-order valence-electron chi connectivity index (χ0n) is 17.4. The van der Waals surface area contributed by atoms with E-state index < -0.39 is 41.3 Å². The molecule has 0 saturated heterocycles.